The molecule has 4 rings (SSSR count). The number of pyridine rings is 4. The Balaban J connectivity index is 0.00000289. The molecule has 0 fully saturated rings. The topological polar surface area (TPSA) is 51.6 Å². The second kappa shape index (κ2) is 9.33. The molecule has 0 aliphatic heterocycles. The van der Waals surface area contributed by atoms with Crippen molar-refractivity contribution in [2.45, 2.75) is 33.1 Å². The zero-order valence-corrected chi connectivity index (χ0v) is 20.3. The van der Waals surface area contributed by atoms with E-state index in [1.54, 1.807) is 13.8 Å². The van der Waals surface area contributed by atoms with E-state index >= 15 is 0 Å². The maximum Gasteiger partial charge on any atom is 2.00 e. The van der Waals surface area contributed by atoms with Crippen LogP contribution in [0.5, 0.6) is 0 Å². The Bertz CT molecular complexity index is 1180. The van der Waals surface area contributed by atoms with Gasteiger partial charge in [0.05, 0.1) is 0 Å². The molecule has 4 nitrogen and oxygen atoms in total. The molecule has 0 aromatic carbocycles. The van der Waals surface area contributed by atoms with Crippen molar-refractivity contribution in [1.82, 2.24) is 19.9 Å². The molecule has 0 spiro atoms. The van der Waals surface area contributed by atoms with Gasteiger partial charge in [-0.15, -0.1) is 23.3 Å². The largest absolute Gasteiger partial charge is 2.00 e. The van der Waals surface area contributed by atoms with Crippen molar-refractivity contribution in [3.63, 3.8) is 0 Å². The van der Waals surface area contributed by atoms with Crippen LogP contribution in [0.2, 0.25) is 0 Å². The fourth-order valence-corrected chi connectivity index (χ4v) is 3.46. The van der Waals surface area contributed by atoms with E-state index in [0.29, 0.717) is 33.9 Å². The van der Waals surface area contributed by atoms with Gasteiger partial charge in [-0.25, -0.2) is 8.78 Å². The molecule has 0 atom stereocenters. The summed E-state index contributed by atoms with van der Waals surface area (Å²) in [5.74, 6) is -1.14. The Hall–Kier alpha value is -2.85. The summed E-state index contributed by atoms with van der Waals surface area (Å²) in [5, 5.41) is 0. The van der Waals surface area contributed by atoms with Gasteiger partial charge in [0.1, 0.15) is 11.9 Å². The molecule has 0 bridgehead atoms. The van der Waals surface area contributed by atoms with Crippen LogP contribution in [0.3, 0.4) is 0 Å². The van der Waals surface area contributed by atoms with E-state index in [-0.39, 0.29) is 21.1 Å². The van der Waals surface area contributed by atoms with Gasteiger partial charge >= 0.3 is 21.1 Å². The van der Waals surface area contributed by atoms with Gasteiger partial charge in [0.15, 0.2) is 0 Å². The van der Waals surface area contributed by atoms with Crippen LogP contribution in [0.4, 0.5) is 8.78 Å². The number of halogens is 2. The minimum Gasteiger partial charge on any atom is -0.323 e. The molecule has 4 heterocycles. The van der Waals surface area contributed by atoms with Crippen molar-refractivity contribution in [2.24, 2.45) is 0 Å². The van der Waals surface area contributed by atoms with E-state index < -0.39 is 17.3 Å². The number of aryl methyl sites for hydroxylation is 2. The molecule has 32 heavy (non-hydrogen) atoms. The number of hydrogen-bond donors (Lipinski definition) is 0. The van der Waals surface area contributed by atoms with Gasteiger partial charge in [-0.3, -0.25) is 0 Å². The minimum atomic E-state index is -0.568. The molecule has 0 aliphatic rings. The normalized spacial score (nSPS) is 11.2. The Morgan fingerprint density at radius 3 is 1.47 bits per heavy atom. The summed E-state index contributed by atoms with van der Waals surface area (Å²) in [6, 6.07) is 19.6. The van der Waals surface area contributed by atoms with Crippen LogP contribution in [0.1, 0.15) is 36.6 Å². The van der Waals surface area contributed by atoms with Gasteiger partial charge in [0, 0.05) is 16.8 Å². The van der Waals surface area contributed by atoms with Gasteiger partial charge in [-0.05, 0) is 48.8 Å². The zero-order chi connectivity index (χ0) is 22.2. The molecule has 4 aromatic rings. The Morgan fingerprint density at radius 1 is 0.688 bits per heavy atom. The van der Waals surface area contributed by atoms with Crippen molar-refractivity contribution in [2.75, 3.05) is 0 Å². The molecule has 164 valence electrons. The molecular weight excluding hydrogens is 589 g/mol. The van der Waals surface area contributed by atoms with Gasteiger partial charge in [0.25, 0.3) is 0 Å². The van der Waals surface area contributed by atoms with Gasteiger partial charge in [0.2, 0.25) is 0 Å². The Labute approximate surface area is 200 Å². The average Bonchev–Trinajstić information content (AvgIpc) is 2.74. The summed E-state index contributed by atoms with van der Waals surface area (Å²) in [6.45, 7) is 7.53. The number of hydrogen-bond acceptors (Lipinski definition) is 4. The number of nitrogens with zero attached hydrogens (tertiary/aromatic N) is 4. The van der Waals surface area contributed by atoms with E-state index in [1.165, 1.54) is 12.1 Å². The molecule has 0 saturated heterocycles. The van der Waals surface area contributed by atoms with Crippen LogP contribution in [0.25, 0.3) is 22.5 Å². The van der Waals surface area contributed by atoms with Crippen molar-refractivity contribution in [3.8, 4) is 22.5 Å². The molecule has 0 unspecified atom stereocenters. The summed E-state index contributed by atoms with van der Waals surface area (Å²) in [5.41, 5.74) is 4.75. The van der Waals surface area contributed by atoms with E-state index in [1.807, 2.05) is 50.2 Å². The minimum absolute atomic E-state index is 0. The van der Waals surface area contributed by atoms with Gasteiger partial charge < -0.3 is 19.9 Å². The van der Waals surface area contributed by atoms with Crippen LogP contribution in [-0.4, -0.2) is 19.9 Å². The average molecular weight is 610 g/mol. The van der Waals surface area contributed by atoms with E-state index in [0.717, 1.165) is 11.4 Å². The fraction of sp³-hybridized carbons (Fsp3) is 0.200. The molecule has 0 saturated carbocycles. The number of aromatic nitrogens is 4. The smallest absolute Gasteiger partial charge is 0.323 e. The summed E-state index contributed by atoms with van der Waals surface area (Å²) >= 11 is 0. The first-order valence-electron chi connectivity index (χ1n) is 9.81. The predicted octanol–water partition coefficient (Wildman–Crippen LogP) is 5.42. The molecule has 7 heteroatoms. The van der Waals surface area contributed by atoms with E-state index in [4.69, 9.17) is 9.97 Å². The first-order chi connectivity index (χ1) is 14.8. The van der Waals surface area contributed by atoms with Crippen LogP contribution < -0.4 is 0 Å². The third kappa shape index (κ3) is 4.65. The Kier molecular flexibility index (Phi) is 6.94. The van der Waals surface area contributed by atoms with E-state index in [9.17, 15) is 8.78 Å². The molecule has 0 aliphatic carbocycles. The summed E-state index contributed by atoms with van der Waals surface area (Å²) < 4.78 is 26.8. The first-order valence-corrected chi connectivity index (χ1v) is 9.81. The number of rotatable bonds is 4. The maximum absolute atomic E-state index is 13.4. The van der Waals surface area contributed by atoms with Gasteiger partial charge in [-0.1, -0.05) is 50.2 Å². The second-order valence-corrected chi connectivity index (χ2v) is 7.81. The summed E-state index contributed by atoms with van der Waals surface area (Å²) in [7, 11) is 0. The quantitative estimate of drug-likeness (QED) is 0.229. The molecule has 4 aromatic heterocycles. The molecule has 0 amide bonds. The van der Waals surface area contributed by atoms with Crippen molar-refractivity contribution >= 4 is 0 Å². The third-order valence-electron chi connectivity index (χ3n) is 5.24. The van der Waals surface area contributed by atoms with Crippen molar-refractivity contribution in [1.29, 1.82) is 0 Å². The Morgan fingerprint density at radius 2 is 1.09 bits per heavy atom. The summed E-state index contributed by atoms with van der Waals surface area (Å²) in [4.78, 5) is 17.4. The third-order valence-corrected chi connectivity index (χ3v) is 5.24. The fourth-order valence-electron chi connectivity index (χ4n) is 3.46. The monoisotopic (exact) mass is 609 g/mol. The van der Waals surface area contributed by atoms with Crippen LogP contribution in [0, 0.1) is 37.9 Å². The first kappa shape index (κ1) is 23.8. The van der Waals surface area contributed by atoms with Crippen LogP contribution in [-0.2, 0) is 26.5 Å². The maximum atomic E-state index is 13.4. The zero-order valence-electron chi connectivity index (χ0n) is 18.0. The SMILES string of the molecule is Cc1nc(F)c[c-]c1-c1cccc(C(C)(C)c2cccc(-c3[c-]cc(F)nc3C)n2)n1.[Pt+2]. The molecule has 0 radical (unpaired) electrons. The van der Waals surface area contributed by atoms with Gasteiger partial charge in [-0.2, -0.15) is 0 Å². The van der Waals surface area contributed by atoms with Crippen LogP contribution >= 0.6 is 0 Å². The molecular formula is C25H20F2N4Pt. The standard InChI is InChI=1S/C25H20F2N4.Pt/c1-15-17(11-13-23(26)28-15)19-7-5-9-21(30-19)25(3,4)22-10-6-8-20(31-22)18-12-14-24(27)29-16(18)2;/h5-10,13-14H,1-4H3;/q-2;+2. The summed E-state index contributed by atoms with van der Waals surface area (Å²) in [6.07, 6.45) is 0. The van der Waals surface area contributed by atoms with Crippen LogP contribution in [0.15, 0.2) is 48.5 Å². The van der Waals surface area contributed by atoms with Crippen molar-refractivity contribution in [3.05, 3.63) is 95.3 Å². The van der Waals surface area contributed by atoms with Crippen molar-refractivity contribution < 1.29 is 29.8 Å². The second-order valence-electron chi connectivity index (χ2n) is 7.81. The van der Waals surface area contributed by atoms with E-state index in [2.05, 4.69) is 22.1 Å². The predicted molar refractivity (Wildman–Crippen MR) is 114 cm³/mol. The molecule has 0 N–H and O–H groups in total.